The van der Waals surface area contributed by atoms with Crippen molar-refractivity contribution in [2.45, 2.75) is 25.3 Å². The number of morpholine rings is 1. The minimum atomic E-state index is 0.225. The summed E-state index contributed by atoms with van der Waals surface area (Å²) in [5, 5.41) is 0. The van der Waals surface area contributed by atoms with Crippen LogP contribution in [0.3, 0.4) is 0 Å². The summed E-state index contributed by atoms with van der Waals surface area (Å²) >= 11 is 0. The Kier molecular flexibility index (Phi) is 7.02. The summed E-state index contributed by atoms with van der Waals surface area (Å²) in [6.45, 7) is 3.37. The summed E-state index contributed by atoms with van der Waals surface area (Å²) < 4.78 is 5.40. The number of benzene rings is 2. The van der Waals surface area contributed by atoms with E-state index in [-0.39, 0.29) is 5.78 Å². The van der Waals surface area contributed by atoms with Crippen LogP contribution in [-0.4, -0.2) is 57.1 Å². The number of nitrogens with zero attached hydrogens (tertiary/aromatic N) is 2. The number of likely N-dealkylation sites (N-methyl/N-ethyl adjacent to an activating group) is 1. The molecule has 1 saturated heterocycles. The fourth-order valence-electron chi connectivity index (χ4n) is 3.55. The van der Waals surface area contributed by atoms with E-state index in [1.54, 1.807) is 0 Å². The molecule has 1 aliphatic heterocycles. The highest BCUT2D eigenvalue weighted by Gasteiger charge is 2.16. The summed E-state index contributed by atoms with van der Waals surface area (Å²) in [4.78, 5) is 17.2. The van der Waals surface area contributed by atoms with Crippen molar-refractivity contribution < 1.29 is 9.53 Å². The number of ketones is 1. The van der Waals surface area contributed by atoms with Gasteiger partial charge in [-0.1, -0.05) is 30.3 Å². The van der Waals surface area contributed by atoms with Gasteiger partial charge in [0.05, 0.1) is 13.2 Å². The number of anilines is 1. The Labute approximate surface area is 162 Å². The number of hydrogen-bond donors (Lipinski definition) is 0. The number of carbonyl (C=O) groups is 1. The van der Waals surface area contributed by atoms with Gasteiger partial charge >= 0.3 is 0 Å². The lowest BCUT2D eigenvalue weighted by Gasteiger charge is -2.28. The van der Waals surface area contributed by atoms with Crippen molar-refractivity contribution in [2.75, 3.05) is 45.3 Å². The maximum Gasteiger partial charge on any atom is 0.162 e. The lowest BCUT2D eigenvalue weighted by Crippen LogP contribution is -2.36. The van der Waals surface area contributed by atoms with Crippen LogP contribution in [0.1, 0.15) is 28.8 Å². The number of carbonyl (C=O) groups excluding carboxylic acids is 1. The number of Topliss-reactive ketones (excluding diaryl/α,β-unsaturated/α-hetero) is 1. The molecule has 1 fully saturated rings. The highest BCUT2D eigenvalue weighted by atomic mass is 16.5. The summed E-state index contributed by atoms with van der Waals surface area (Å²) in [7, 11) is 4.18. The maximum absolute atomic E-state index is 12.7. The van der Waals surface area contributed by atoms with E-state index < -0.39 is 0 Å². The van der Waals surface area contributed by atoms with Crippen LogP contribution < -0.4 is 4.90 Å². The molecule has 0 unspecified atom stereocenters. The van der Waals surface area contributed by atoms with E-state index in [0.29, 0.717) is 12.5 Å². The Hall–Kier alpha value is -2.17. The van der Waals surface area contributed by atoms with Crippen LogP contribution in [-0.2, 0) is 11.2 Å². The van der Waals surface area contributed by atoms with Crippen LogP contribution in [0.15, 0.2) is 54.6 Å². The zero-order valence-electron chi connectivity index (χ0n) is 16.4. The number of hydrogen-bond acceptors (Lipinski definition) is 4. The van der Waals surface area contributed by atoms with E-state index in [9.17, 15) is 4.79 Å². The molecule has 0 aromatic heterocycles. The largest absolute Gasteiger partial charge is 0.378 e. The van der Waals surface area contributed by atoms with Gasteiger partial charge in [-0.25, -0.2) is 0 Å². The van der Waals surface area contributed by atoms with E-state index in [0.717, 1.165) is 44.7 Å². The molecule has 0 spiro atoms. The third-order valence-corrected chi connectivity index (χ3v) is 5.31. The minimum absolute atomic E-state index is 0.225. The number of ether oxygens (including phenoxy) is 1. The Morgan fingerprint density at radius 2 is 1.70 bits per heavy atom. The van der Waals surface area contributed by atoms with E-state index in [2.05, 4.69) is 60.3 Å². The van der Waals surface area contributed by atoms with Gasteiger partial charge < -0.3 is 14.5 Å². The van der Waals surface area contributed by atoms with Crippen LogP contribution >= 0.6 is 0 Å². The minimum Gasteiger partial charge on any atom is -0.378 e. The van der Waals surface area contributed by atoms with Crippen molar-refractivity contribution in [1.29, 1.82) is 0 Å². The van der Waals surface area contributed by atoms with E-state index in [1.165, 1.54) is 11.3 Å². The molecule has 4 heteroatoms. The first-order valence-corrected chi connectivity index (χ1v) is 9.80. The second-order valence-electron chi connectivity index (χ2n) is 7.42. The molecule has 1 aliphatic rings. The van der Waals surface area contributed by atoms with Gasteiger partial charge in [0, 0.05) is 36.8 Å². The average molecular weight is 367 g/mol. The molecule has 0 N–H and O–H groups in total. The van der Waals surface area contributed by atoms with Gasteiger partial charge in [-0.3, -0.25) is 4.79 Å². The van der Waals surface area contributed by atoms with Crippen molar-refractivity contribution in [3.63, 3.8) is 0 Å². The Bertz CT molecular complexity index is 707. The predicted octanol–water partition coefficient (Wildman–Crippen LogP) is 3.66. The molecule has 0 amide bonds. The van der Waals surface area contributed by atoms with Gasteiger partial charge in [0.2, 0.25) is 0 Å². The van der Waals surface area contributed by atoms with E-state index in [4.69, 9.17) is 4.74 Å². The first-order chi connectivity index (χ1) is 13.1. The topological polar surface area (TPSA) is 32.8 Å². The number of rotatable bonds is 8. The monoisotopic (exact) mass is 366 g/mol. The van der Waals surface area contributed by atoms with Crippen LogP contribution in [0.4, 0.5) is 5.69 Å². The first-order valence-electron chi connectivity index (χ1n) is 9.80. The molecule has 27 heavy (non-hydrogen) atoms. The Morgan fingerprint density at radius 3 is 2.33 bits per heavy atom. The van der Waals surface area contributed by atoms with Crippen LogP contribution in [0, 0.1) is 0 Å². The SMILES string of the molecule is CN(C)[C@@H](CCC(=O)c1ccc(N2CCOCC2)cc1)Cc1ccccc1. The molecule has 1 atom stereocenters. The van der Waals surface area contributed by atoms with Gasteiger partial charge in [0.1, 0.15) is 0 Å². The van der Waals surface area contributed by atoms with Gasteiger partial charge in [-0.15, -0.1) is 0 Å². The summed E-state index contributed by atoms with van der Waals surface area (Å²) in [5.74, 6) is 0.225. The van der Waals surface area contributed by atoms with Crippen LogP contribution in [0.2, 0.25) is 0 Å². The molecule has 0 radical (unpaired) electrons. The normalized spacial score (nSPS) is 15.7. The molecule has 1 heterocycles. The standard InChI is InChI=1S/C23H30N2O2/c1-24(2)22(18-19-6-4-3-5-7-19)12-13-23(26)20-8-10-21(11-9-20)25-14-16-27-17-15-25/h3-11,22H,12-18H2,1-2H3/t22-/m0/s1. The van der Waals surface area contributed by atoms with Gasteiger partial charge in [0.15, 0.2) is 5.78 Å². The van der Waals surface area contributed by atoms with Crippen LogP contribution in [0.5, 0.6) is 0 Å². The van der Waals surface area contributed by atoms with Crippen molar-refractivity contribution in [2.24, 2.45) is 0 Å². The van der Waals surface area contributed by atoms with Crippen molar-refractivity contribution >= 4 is 11.5 Å². The smallest absolute Gasteiger partial charge is 0.162 e. The molecular weight excluding hydrogens is 336 g/mol. The predicted molar refractivity (Wildman–Crippen MR) is 111 cm³/mol. The molecule has 2 aromatic rings. The molecular formula is C23H30N2O2. The summed E-state index contributed by atoms with van der Waals surface area (Å²) in [6.07, 6.45) is 2.41. The first kappa shape index (κ1) is 19.6. The fraction of sp³-hybridized carbons (Fsp3) is 0.435. The molecule has 2 aromatic carbocycles. The highest BCUT2D eigenvalue weighted by Crippen LogP contribution is 2.19. The molecule has 0 aliphatic carbocycles. The molecule has 3 rings (SSSR count). The van der Waals surface area contributed by atoms with Gasteiger partial charge in [0.25, 0.3) is 0 Å². The second-order valence-corrected chi connectivity index (χ2v) is 7.42. The molecule has 0 saturated carbocycles. The Balaban J connectivity index is 1.55. The van der Waals surface area contributed by atoms with Crippen molar-refractivity contribution in [3.8, 4) is 0 Å². The highest BCUT2D eigenvalue weighted by molar-refractivity contribution is 5.96. The average Bonchev–Trinajstić information content (AvgIpc) is 2.72. The molecule has 0 bridgehead atoms. The van der Waals surface area contributed by atoms with Gasteiger partial charge in [-0.2, -0.15) is 0 Å². The Morgan fingerprint density at radius 1 is 1.04 bits per heavy atom. The lowest BCUT2D eigenvalue weighted by atomic mass is 9.97. The lowest BCUT2D eigenvalue weighted by molar-refractivity contribution is 0.0968. The van der Waals surface area contributed by atoms with E-state index >= 15 is 0 Å². The zero-order chi connectivity index (χ0) is 19.1. The third kappa shape index (κ3) is 5.65. The van der Waals surface area contributed by atoms with Crippen molar-refractivity contribution in [1.82, 2.24) is 4.90 Å². The molecule has 144 valence electrons. The fourth-order valence-corrected chi connectivity index (χ4v) is 3.55. The quantitative estimate of drug-likeness (QED) is 0.668. The zero-order valence-corrected chi connectivity index (χ0v) is 16.4. The maximum atomic E-state index is 12.7. The molecule has 4 nitrogen and oxygen atoms in total. The third-order valence-electron chi connectivity index (χ3n) is 5.31. The summed E-state index contributed by atoms with van der Waals surface area (Å²) in [6, 6.07) is 18.9. The van der Waals surface area contributed by atoms with Crippen molar-refractivity contribution in [3.05, 3.63) is 65.7 Å². The van der Waals surface area contributed by atoms with E-state index in [1.807, 2.05) is 18.2 Å². The van der Waals surface area contributed by atoms with Gasteiger partial charge in [-0.05, 0) is 56.8 Å². The second kappa shape index (κ2) is 9.67. The summed E-state index contributed by atoms with van der Waals surface area (Å²) in [5.41, 5.74) is 3.30. The van der Waals surface area contributed by atoms with Crippen LogP contribution in [0.25, 0.3) is 0 Å².